The molecule has 9 heteroatoms. The monoisotopic (exact) mass is 421 g/mol. The zero-order chi connectivity index (χ0) is 20.8. The number of aromatic nitrogens is 2. The van der Waals surface area contributed by atoms with Crippen molar-refractivity contribution in [3.8, 4) is 0 Å². The summed E-state index contributed by atoms with van der Waals surface area (Å²) in [5.74, 6) is -0.352. The van der Waals surface area contributed by atoms with Crippen LogP contribution in [0.2, 0.25) is 0 Å². The first-order chi connectivity index (χ1) is 13.8. The molecule has 0 aliphatic carbocycles. The average Bonchev–Trinajstić information content (AvgIpc) is 3.30. The number of carbonyl (C=O) groups excluding carboxylic acids is 1. The minimum atomic E-state index is -0.448. The number of ether oxygens (including phenoxy) is 2. The molecule has 0 radical (unpaired) electrons. The van der Waals surface area contributed by atoms with Gasteiger partial charge in [-0.25, -0.2) is 4.79 Å². The predicted molar refractivity (Wildman–Crippen MR) is 111 cm³/mol. The third-order valence-electron chi connectivity index (χ3n) is 5.60. The molecule has 1 atom stereocenters. The number of aryl methyl sites for hydroxylation is 1. The third-order valence-corrected chi connectivity index (χ3v) is 6.83. The standard InChI is InChI=1S/C20H27N3O5S/c1-4-22-18-16(13-8-20(2,3)28-11-14(13)29-18)17(25)23(19(22)26)10-15(24)21-9-12-6-5-7-27-12/h12H,4-11H2,1-3H3,(H,21,24)/t12-/m1/s1. The van der Waals surface area contributed by atoms with Gasteiger partial charge in [0.2, 0.25) is 5.91 Å². The van der Waals surface area contributed by atoms with Crippen LogP contribution in [0.25, 0.3) is 10.2 Å². The number of rotatable bonds is 5. The van der Waals surface area contributed by atoms with Crippen molar-refractivity contribution in [2.75, 3.05) is 13.2 Å². The van der Waals surface area contributed by atoms with Crippen LogP contribution >= 0.6 is 11.3 Å². The molecule has 0 bridgehead atoms. The van der Waals surface area contributed by atoms with E-state index in [2.05, 4.69) is 5.32 Å². The molecule has 2 aliphatic rings. The summed E-state index contributed by atoms with van der Waals surface area (Å²) in [6.45, 7) is 7.53. The Hall–Kier alpha value is -1.97. The summed E-state index contributed by atoms with van der Waals surface area (Å²) in [5, 5.41) is 3.34. The molecule has 4 rings (SSSR count). The van der Waals surface area contributed by atoms with E-state index in [0.29, 0.717) is 42.9 Å². The average molecular weight is 422 g/mol. The topological polar surface area (TPSA) is 91.6 Å². The van der Waals surface area contributed by atoms with Crippen molar-refractivity contribution >= 4 is 27.5 Å². The summed E-state index contributed by atoms with van der Waals surface area (Å²) < 4.78 is 14.0. The van der Waals surface area contributed by atoms with Gasteiger partial charge < -0.3 is 14.8 Å². The van der Waals surface area contributed by atoms with Crippen molar-refractivity contribution in [3.63, 3.8) is 0 Å². The van der Waals surface area contributed by atoms with Crippen molar-refractivity contribution in [2.45, 2.75) is 71.4 Å². The number of nitrogens with zero attached hydrogens (tertiary/aromatic N) is 2. The highest BCUT2D eigenvalue weighted by Gasteiger charge is 2.32. The number of hydrogen-bond donors (Lipinski definition) is 1. The van der Waals surface area contributed by atoms with Crippen molar-refractivity contribution in [3.05, 3.63) is 31.3 Å². The fourth-order valence-electron chi connectivity index (χ4n) is 4.05. The van der Waals surface area contributed by atoms with Crippen molar-refractivity contribution in [1.82, 2.24) is 14.5 Å². The van der Waals surface area contributed by atoms with Crippen LogP contribution < -0.4 is 16.6 Å². The molecule has 1 amide bonds. The Bertz CT molecular complexity index is 1060. The molecule has 0 aromatic carbocycles. The normalized spacial score (nSPS) is 20.7. The maximum Gasteiger partial charge on any atom is 0.332 e. The van der Waals surface area contributed by atoms with Gasteiger partial charge in [-0.3, -0.25) is 18.7 Å². The van der Waals surface area contributed by atoms with Gasteiger partial charge in [-0.1, -0.05) is 0 Å². The Morgan fingerprint density at radius 3 is 2.79 bits per heavy atom. The molecule has 0 saturated carbocycles. The van der Waals surface area contributed by atoms with Crippen LogP contribution in [0.4, 0.5) is 0 Å². The minimum Gasteiger partial charge on any atom is -0.376 e. The second-order valence-corrected chi connectivity index (χ2v) is 9.35. The summed E-state index contributed by atoms with van der Waals surface area (Å²) in [6.07, 6.45) is 2.51. The van der Waals surface area contributed by atoms with Gasteiger partial charge >= 0.3 is 5.69 Å². The van der Waals surface area contributed by atoms with Crippen LogP contribution in [0.15, 0.2) is 9.59 Å². The van der Waals surface area contributed by atoms with Gasteiger partial charge in [0.15, 0.2) is 0 Å². The molecular weight excluding hydrogens is 394 g/mol. The number of fused-ring (bicyclic) bond motifs is 3. The first-order valence-corrected chi connectivity index (χ1v) is 10.9. The molecule has 4 heterocycles. The quantitative estimate of drug-likeness (QED) is 0.788. The first kappa shape index (κ1) is 20.3. The van der Waals surface area contributed by atoms with Crippen LogP contribution in [-0.4, -0.2) is 39.9 Å². The van der Waals surface area contributed by atoms with Crippen LogP contribution in [0.5, 0.6) is 0 Å². The molecular formula is C20H27N3O5S. The first-order valence-electron chi connectivity index (χ1n) is 10.1. The Kier molecular flexibility index (Phi) is 5.39. The molecule has 0 spiro atoms. The van der Waals surface area contributed by atoms with Crippen molar-refractivity contribution < 1.29 is 14.3 Å². The number of nitrogens with one attached hydrogen (secondary N) is 1. The van der Waals surface area contributed by atoms with Gasteiger partial charge in [-0.05, 0) is 39.2 Å². The van der Waals surface area contributed by atoms with E-state index in [1.165, 1.54) is 11.3 Å². The molecule has 2 aromatic heterocycles. The maximum atomic E-state index is 13.3. The lowest BCUT2D eigenvalue weighted by Crippen LogP contribution is -2.44. The molecule has 0 unspecified atom stereocenters. The Labute approximate surface area is 172 Å². The summed E-state index contributed by atoms with van der Waals surface area (Å²) >= 11 is 1.44. The van der Waals surface area contributed by atoms with Gasteiger partial charge in [0.1, 0.15) is 11.4 Å². The third kappa shape index (κ3) is 3.78. The molecule has 8 nitrogen and oxygen atoms in total. The van der Waals surface area contributed by atoms with Gasteiger partial charge in [-0.15, -0.1) is 11.3 Å². The van der Waals surface area contributed by atoms with Crippen molar-refractivity contribution in [2.24, 2.45) is 0 Å². The summed E-state index contributed by atoms with van der Waals surface area (Å²) in [5.41, 5.74) is -0.264. The smallest absolute Gasteiger partial charge is 0.332 e. The fourth-order valence-corrected chi connectivity index (χ4v) is 5.33. The number of thiophene rings is 1. The van der Waals surface area contributed by atoms with E-state index < -0.39 is 11.2 Å². The SMILES string of the molecule is CCn1c(=O)n(CC(=O)NC[C@H]2CCCO2)c(=O)c2c3c(sc21)COC(C)(C)C3. The minimum absolute atomic E-state index is 0.0107. The molecule has 1 saturated heterocycles. The highest BCUT2D eigenvalue weighted by atomic mass is 32.1. The summed E-state index contributed by atoms with van der Waals surface area (Å²) in [4.78, 5) is 40.3. The van der Waals surface area contributed by atoms with Gasteiger partial charge in [0, 0.05) is 31.0 Å². The lowest BCUT2D eigenvalue weighted by atomic mass is 9.94. The predicted octanol–water partition coefficient (Wildman–Crippen LogP) is 1.39. The van der Waals surface area contributed by atoms with Crippen molar-refractivity contribution in [1.29, 1.82) is 0 Å². The summed E-state index contributed by atoms with van der Waals surface area (Å²) in [7, 11) is 0. The highest BCUT2D eigenvalue weighted by molar-refractivity contribution is 7.18. The Morgan fingerprint density at radius 2 is 2.10 bits per heavy atom. The van der Waals surface area contributed by atoms with Crippen LogP contribution in [0, 0.1) is 0 Å². The second-order valence-electron chi connectivity index (χ2n) is 8.27. The molecule has 1 fully saturated rings. The van der Waals surface area contributed by atoms with E-state index in [1.807, 2.05) is 20.8 Å². The molecule has 29 heavy (non-hydrogen) atoms. The molecule has 158 valence electrons. The van der Waals surface area contributed by atoms with E-state index in [-0.39, 0.29) is 24.2 Å². The zero-order valence-corrected chi connectivity index (χ0v) is 17.9. The van der Waals surface area contributed by atoms with Gasteiger partial charge in [-0.2, -0.15) is 0 Å². The van der Waals surface area contributed by atoms with E-state index in [0.717, 1.165) is 27.8 Å². The number of hydrogen-bond acceptors (Lipinski definition) is 6. The Morgan fingerprint density at radius 1 is 1.31 bits per heavy atom. The summed E-state index contributed by atoms with van der Waals surface area (Å²) in [6, 6.07) is 0. The largest absolute Gasteiger partial charge is 0.376 e. The van der Waals surface area contributed by atoms with E-state index >= 15 is 0 Å². The van der Waals surface area contributed by atoms with E-state index in [9.17, 15) is 14.4 Å². The maximum absolute atomic E-state index is 13.3. The van der Waals surface area contributed by atoms with Crippen LogP contribution in [0.3, 0.4) is 0 Å². The highest BCUT2D eigenvalue weighted by Crippen LogP contribution is 2.37. The van der Waals surface area contributed by atoms with Crippen LogP contribution in [-0.2, 0) is 40.4 Å². The molecule has 1 N–H and O–H groups in total. The second kappa shape index (κ2) is 7.70. The Balaban J connectivity index is 1.71. The van der Waals surface area contributed by atoms with E-state index in [1.54, 1.807) is 4.57 Å². The van der Waals surface area contributed by atoms with Gasteiger partial charge in [0.25, 0.3) is 5.56 Å². The molecule has 2 aliphatic heterocycles. The van der Waals surface area contributed by atoms with Gasteiger partial charge in [0.05, 0.1) is 23.7 Å². The zero-order valence-electron chi connectivity index (χ0n) is 17.1. The number of amides is 1. The lowest BCUT2D eigenvalue weighted by molar-refractivity contribution is -0.122. The van der Waals surface area contributed by atoms with Crippen LogP contribution in [0.1, 0.15) is 44.1 Å². The van der Waals surface area contributed by atoms with E-state index in [4.69, 9.17) is 9.47 Å². The lowest BCUT2D eigenvalue weighted by Gasteiger charge is -2.29. The number of carbonyl (C=O) groups is 1. The molecule has 2 aromatic rings. The fraction of sp³-hybridized carbons (Fsp3) is 0.650.